The quantitative estimate of drug-likeness (QED) is 0.626. The highest BCUT2D eigenvalue weighted by atomic mass is 32.2. The number of nitro groups is 1. The molecule has 0 aromatic heterocycles. The lowest BCUT2D eigenvalue weighted by molar-refractivity contribution is -0.385. The fourth-order valence-electron chi connectivity index (χ4n) is 3.71. The van der Waals surface area contributed by atoms with E-state index in [-0.39, 0.29) is 16.6 Å². The molecule has 1 N–H and O–H groups in total. The Bertz CT molecular complexity index is 775. The minimum absolute atomic E-state index is 0.0470. The topological polar surface area (TPSA) is 95.8 Å². The van der Waals surface area contributed by atoms with E-state index < -0.39 is 14.9 Å². The highest BCUT2D eigenvalue weighted by Crippen LogP contribution is 2.30. The van der Waals surface area contributed by atoms with E-state index in [2.05, 4.69) is 10.2 Å². The van der Waals surface area contributed by atoms with Crippen molar-refractivity contribution in [3.05, 3.63) is 33.4 Å². The minimum Gasteiger partial charge on any atom is -0.314 e. The molecule has 9 heteroatoms. The molecule has 3 rings (SSSR count). The largest absolute Gasteiger partial charge is 0.314 e. The maximum absolute atomic E-state index is 13.0. The maximum Gasteiger partial charge on any atom is 0.273 e. The van der Waals surface area contributed by atoms with Gasteiger partial charge in [-0.3, -0.25) is 15.0 Å². The van der Waals surface area contributed by atoms with Gasteiger partial charge in [-0.25, -0.2) is 8.42 Å². The predicted molar refractivity (Wildman–Crippen MR) is 94.2 cm³/mol. The molecule has 0 aliphatic carbocycles. The minimum atomic E-state index is -3.73. The van der Waals surface area contributed by atoms with Crippen molar-refractivity contribution in [2.24, 2.45) is 0 Å². The Balaban J connectivity index is 1.85. The normalized spacial score (nSPS) is 23.0. The van der Waals surface area contributed by atoms with E-state index in [0.717, 1.165) is 32.6 Å². The summed E-state index contributed by atoms with van der Waals surface area (Å²) in [6.07, 6.45) is 0.798. The molecule has 0 amide bonds. The van der Waals surface area contributed by atoms with Crippen LogP contribution in [0.4, 0.5) is 5.69 Å². The lowest BCUT2D eigenvalue weighted by atomic mass is 10.1. The van der Waals surface area contributed by atoms with E-state index in [1.54, 1.807) is 19.9 Å². The first-order valence-electron chi connectivity index (χ1n) is 8.51. The van der Waals surface area contributed by atoms with Crippen LogP contribution >= 0.6 is 0 Å². The first-order chi connectivity index (χ1) is 11.8. The number of piperazine rings is 1. The highest BCUT2D eigenvalue weighted by Gasteiger charge is 2.37. The van der Waals surface area contributed by atoms with Crippen LogP contribution in [0, 0.1) is 24.0 Å². The van der Waals surface area contributed by atoms with Crippen molar-refractivity contribution in [1.82, 2.24) is 14.5 Å². The number of hydrogen-bond donors (Lipinski definition) is 1. The van der Waals surface area contributed by atoms with E-state index in [0.29, 0.717) is 24.2 Å². The summed E-state index contributed by atoms with van der Waals surface area (Å²) in [4.78, 5) is 13.0. The summed E-state index contributed by atoms with van der Waals surface area (Å²) in [6, 6.07) is 3.00. The van der Waals surface area contributed by atoms with Gasteiger partial charge in [0.05, 0.1) is 9.82 Å². The highest BCUT2D eigenvalue weighted by molar-refractivity contribution is 7.89. The van der Waals surface area contributed by atoms with Crippen molar-refractivity contribution in [1.29, 1.82) is 0 Å². The lowest BCUT2D eigenvalue weighted by Gasteiger charge is -2.32. The second kappa shape index (κ2) is 6.99. The third-order valence-electron chi connectivity index (χ3n) is 5.10. The van der Waals surface area contributed by atoms with E-state index in [4.69, 9.17) is 0 Å². The number of sulfonamides is 1. The lowest BCUT2D eigenvalue weighted by Crippen LogP contribution is -2.49. The molecule has 0 spiro atoms. The summed E-state index contributed by atoms with van der Waals surface area (Å²) in [7, 11) is -3.73. The van der Waals surface area contributed by atoms with Crippen LogP contribution in [0.15, 0.2) is 17.0 Å². The molecule has 1 atom stereocenters. The van der Waals surface area contributed by atoms with E-state index in [1.165, 1.54) is 10.4 Å². The van der Waals surface area contributed by atoms with Gasteiger partial charge in [-0.1, -0.05) is 0 Å². The summed E-state index contributed by atoms with van der Waals surface area (Å²) in [5.41, 5.74) is 0.873. The number of nitrogens with one attached hydrogen (secondary N) is 1. The Hall–Kier alpha value is -1.55. The fourth-order valence-corrected chi connectivity index (χ4v) is 5.43. The van der Waals surface area contributed by atoms with Gasteiger partial charge < -0.3 is 5.32 Å². The van der Waals surface area contributed by atoms with E-state index in [1.807, 2.05) is 0 Å². The fraction of sp³-hybridized carbons (Fsp3) is 0.625. The van der Waals surface area contributed by atoms with Crippen LogP contribution in [0.25, 0.3) is 0 Å². The number of nitrogens with zero attached hydrogens (tertiary/aromatic N) is 3. The van der Waals surface area contributed by atoms with Crippen LogP contribution in [0.2, 0.25) is 0 Å². The van der Waals surface area contributed by atoms with Crippen LogP contribution < -0.4 is 5.32 Å². The first kappa shape index (κ1) is 18.2. The second-order valence-corrected chi connectivity index (χ2v) is 8.66. The molecule has 0 bridgehead atoms. The van der Waals surface area contributed by atoms with Crippen molar-refractivity contribution in [3.63, 3.8) is 0 Å². The average Bonchev–Trinajstić information content (AvgIpc) is 3.06. The summed E-state index contributed by atoms with van der Waals surface area (Å²) in [5.74, 6) is 0. The molecule has 138 valence electrons. The third-order valence-corrected chi connectivity index (χ3v) is 7.11. The van der Waals surface area contributed by atoms with Crippen molar-refractivity contribution >= 4 is 15.7 Å². The molecule has 1 unspecified atom stereocenters. The van der Waals surface area contributed by atoms with Crippen LogP contribution in [-0.4, -0.2) is 67.9 Å². The molecule has 2 heterocycles. The molecule has 0 radical (unpaired) electrons. The van der Waals surface area contributed by atoms with Crippen molar-refractivity contribution in [2.45, 2.75) is 31.2 Å². The van der Waals surface area contributed by atoms with Crippen molar-refractivity contribution < 1.29 is 13.3 Å². The van der Waals surface area contributed by atoms with Gasteiger partial charge in [0.15, 0.2) is 0 Å². The monoisotopic (exact) mass is 368 g/mol. The van der Waals surface area contributed by atoms with Crippen LogP contribution in [0.5, 0.6) is 0 Å². The van der Waals surface area contributed by atoms with Crippen LogP contribution in [0.3, 0.4) is 0 Å². The standard InChI is InChI=1S/C16H24N4O4S/c1-12-9-13(2)16(10-15(12)20(21)22)25(23,24)19-6-3-14(11-19)18-7-4-17-5-8-18/h9-10,14,17H,3-8,11H2,1-2H3. The van der Waals surface area contributed by atoms with Gasteiger partial charge in [0.1, 0.15) is 0 Å². The number of benzene rings is 1. The van der Waals surface area contributed by atoms with Gasteiger partial charge >= 0.3 is 0 Å². The smallest absolute Gasteiger partial charge is 0.273 e. The number of aryl methyl sites for hydroxylation is 2. The van der Waals surface area contributed by atoms with E-state index >= 15 is 0 Å². The van der Waals surface area contributed by atoms with Crippen molar-refractivity contribution in [2.75, 3.05) is 39.3 Å². The Kier molecular flexibility index (Phi) is 5.10. The molecule has 2 saturated heterocycles. The van der Waals surface area contributed by atoms with Gasteiger partial charge in [-0.05, 0) is 31.9 Å². The molecule has 25 heavy (non-hydrogen) atoms. The molecule has 1 aromatic carbocycles. The van der Waals surface area contributed by atoms with Gasteiger partial charge in [-0.2, -0.15) is 4.31 Å². The predicted octanol–water partition coefficient (Wildman–Crippen LogP) is 0.880. The van der Waals surface area contributed by atoms with Gasteiger partial charge in [0.2, 0.25) is 10.0 Å². The zero-order chi connectivity index (χ0) is 18.2. The number of rotatable bonds is 4. The Morgan fingerprint density at radius 2 is 1.84 bits per heavy atom. The summed E-state index contributed by atoms with van der Waals surface area (Å²) in [6.45, 7) is 7.91. The van der Waals surface area contributed by atoms with Gasteiger partial charge in [0, 0.05) is 56.9 Å². The molecule has 1 aromatic rings. The molecule has 2 fully saturated rings. The maximum atomic E-state index is 13.0. The summed E-state index contributed by atoms with van der Waals surface area (Å²) in [5, 5.41) is 14.5. The Morgan fingerprint density at radius 1 is 1.16 bits per heavy atom. The zero-order valence-corrected chi connectivity index (χ0v) is 15.4. The van der Waals surface area contributed by atoms with Gasteiger partial charge in [0.25, 0.3) is 5.69 Å². The molecule has 2 aliphatic heterocycles. The number of hydrogen-bond acceptors (Lipinski definition) is 6. The molecule has 2 aliphatic rings. The van der Waals surface area contributed by atoms with Gasteiger partial charge in [-0.15, -0.1) is 0 Å². The summed E-state index contributed by atoms with van der Waals surface area (Å²) < 4.78 is 27.6. The average molecular weight is 368 g/mol. The second-order valence-electron chi connectivity index (χ2n) is 6.75. The zero-order valence-electron chi connectivity index (χ0n) is 14.6. The number of nitro benzene ring substituents is 1. The van der Waals surface area contributed by atoms with Crippen LogP contribution in [0.1, 0.15) is 17.5 Å². The van der Waals surface area contributed by atoms with Crippen molar-refractivity contribution in [3.8, 4) is 0 Å². The Labute approximate surface area is 148 Å². The molecular weight excluding hydrogens is 344 g/mol. The summed E-state index contributed by atoms with van der Waals surface area (Å²) >= 11 is 0. The SMILES string of the molecule is Cc1cc(C)c(S(=O)(=O)N2CCC(N3CCNCC3)C2)cc1[N+](=O)[O-]. The first-order valence-corrected chi connectivity index (χ1v) is 9.95. The van der Waals surface area contributed by atoms with Crippen LogP contribution in [-0.2, 0) is 10.0 Å². The molecular formula is C16H24N4O4S. The Morgan fingerprint density at radius 3 is 2.48 bits per heavy atom. The third kappa shape index (κ3) is 3.55. The molecule has 0 saturated carbocycles. The molecule has 8 nitrogen and oxygen atoms in total. The van der Waals surface area contributed by atoms with E-state index in [9.17, 15) is 18.5 Å².